The molecule has 0 bridgehead atoms. The Labute approximate surface area is 150 Å². The lowest BCUT2D eigenvalue weighted by Crippen LogP contribution is -2.30. The van der Waals surface area contributed by atoms with Gasteiger partial charge in [-0.15, -0.1) is 10.2 Å². The number of pyridine rings is 1. The third-order valence-electron chi connectivity index (χ3n) is 3.71. The molecular formula is C15H19N5O3S2. The van der Waals surface area contributed by atoms with Gasteiger partial charge in [0.25, 0.3) is 0 Å². The Hall–Kier alpha value is -1.91. The van der Waals surface area contributed by atoms with Crippen molar-refractivity contribution in [1.29, 1.82) is 0 Å². The second-order valence-electron chi connectivity index (χ2n) is 5.39. The molecule has 0 aromatic carbocycles. The van der Waals surface area contributed by atoms with Crippen molar-refractivity contribution < 1.29 is 12.9 Å². The fourth-order valence-electron chi connectivity index (χ4n) is 2.43. The van der Waals surface area contributed by atoms with Gasteiger partial charge in [0.1, 0.15) is 5.76 Å². The van der Waals surface area contributed by atoms with E-state index in [0.717, 1.165) is 11.5 Å². The maximum Gasteiger partial charge on any atom is 0.244 e. The Morgan fingerprint density at radius 2 is 2.00 bits per heavy atom. The van der Waals surface area contributed by atoms with E-state index in [1.165, 1.54) is 16.1 Å². The van der Waals surface area contributed by atoms with Crippen molar-refractivity contribution >= 4 is 27.4 Å². The van der Waals surface area contributed by atoms with Gasteiger partial charge in [-0.2, -0.15) is 4.31 Å². The number of rotatable bonds is 7. The molecule has 0 unspecified atom stereocenters. The van der Waals surface area contributed by atoms with E-state index in [9.17, 15) is 8.42 Å². The van der Waals surface area contributed by atoms with Crippen LogP contribution in [0.3, 0.4) is 0 Å². The van der Waals surface area contributed by atoms with E-state index in [4.69, 9.17) is 4.52 Å². The summed E-state index contributed by atoms with van der Waals surface area (Å²) >= 11 is 1.41. The normalized spacial score (nSPS) is 12.3. The Morgan fingerprint density at radius 1 is 1.24 bits per heavy atom. The third-order valence-corrected chi connectivity index (χ3v) is 6.71. The molecule has 0 atom stereocenters. The van der Waals surface area contributed by atoms with Gasteiger partial charge >= 0.3 is 0 Å². The van der Waals surface area contributed by atoms with Crippen molar-refractivity contribution in [3.05, 3.63) is 35.9 Å². The Bertz CT molecular complexity index is 976. The number of nitrogens with zero attached hydrogens (tertiary/aromatic N) is 5. The average molecular weight is 381 g/mol. The molecule has 0 aliphatic heterocycles. The van der Waals surface area contributed by atoms with E-state index in [0.29, 0.717) is 29.6 Å². The molecule has 0 aliphatic rings. The van der Waals surface area contributed by atoms with Crippen LogP contribution in [0.2, 0.25) is 0 Å². The molecule has 0 aliphatic carbocycles. The highest BCUT2D eigenvalue weighted by molar-refractivity contribution is 7.98. The molecular weight excluding hydrogens is 362 g/mol. The lowest BCUT2D eigenvalue weighted by atomic mass is 10.4. The van der Waals surface area contributed by atoms with Gasteiger partial charge in [-0.1, -0.05) is 30.8 Å². The molecule has 3 heterocycles. The smallest absolute Gasteiger partial charge is 0.244 e. The van der Waals surface area contributed by atoms with E-state index < -0.39 is 10.0 Å². The van der Waals surface area contributed by atoms with Crippen molar-refractivity contribution in [3.8, 4) is 0 Å². The predicted octanol–water partition coefficient (Wildman–Crippen LogP) is 2.35. The molecule has 3 aromatic rings. The SMILES string of the molecule is CCN(CC)S(=O)(=O)c1ccc2nnc(SCc3cc(C)no3)n2c1. The summed E-state index contributed by atoms with van der Waals surface area (Å²) in [4.78, 5) is 0.223. The van der Waals surface area contributed by atoms with Crippen LogP contribution in [0.1, 0.15) is 25.3 Å². The Morgan fingerprint density at radius 3 is 2.64 bits per heavy atom. The zero-order chi connectivity index (χ0) is 18.0. The average Bonchev–Trinajstić information content (AvgIpc) is 3.19. The van der Waals surface area contributed by atoms with Crippen LogP contribution in [0, 0.1) is 6.92 Å². The molecule has 0 fully saturated rings. The van der Waals surface area contributed by atoms with Gasteiger partial charge in [0.15, 0.2) is 10.8 Å². The third kappa shape index (κ3) is 3.55. The second-order valence-corrected chi connectivity index (χ2v) is 8.27. The first-order valence-electron chi connectivity index (χ1n) is 7.85. The summed E-state index contributed by atoms with van der Waals surface area (Å²) in [6.07, 6.45) is 1.57. The highest BCUT2D eigenvalue weighted by Gasteiger charge is 2.22. The predicted molar refractivity (Wildman–Crippen MR) is 93.9 cm³/mol. The quantitative estimate of drug-likeness (QED) is 0.580. The van der Waals surface area contributed by atoms with Crippen LogP contribution >= 0.6 is 11.8 Å². The Kier molecular flexibility index (Phi) is 5.11. The molecule has 10 heteroatoms. The zero-order valence-electron chi connectivity index (χ0n) is 14.2. The molecule has 3 aromatic heterocycles. The van der Waals surface area contributed by atoms with Gasteiger partial charge in [0.2, 0.25) is 10.0 Å². The van der Waals surface area contributed by atoms with Crippen LogP contribution in [-0.2, 0) is 15.8 Å². The van der Waals surface area contributed by atoms with E-state index >= 15 is 0 Å². The topological polar surface area (TPSA) is 93.6 Å². The molecule has 25 heavy (non-hydrogen) atoms. The van der Waals surface area contributed by atoms with Crippen molar-refractivity contribution in [2.45, 2.75) is 36.6 Å². The van der Waals surface area contributed by atoms with Gasteiger partial charge < -0.3 is 4.52 Å². The summed E-state index contributed by atoms with van der Waals surface area (Å²) in [5.41, 5.74) is 1.41. The number of aromatic nitrogens is 4. The monoisotopic (exact) mass is 381 g/mol. The summed E-state index contributed by atoms with van der Waals surface area (Å²) in [7, 11) is -3.53. The van der Waals surface area contributed by atoms with E-state index in [1.54, 1.807) is 22.7 Å². The van der Waals surface area contributed by atoms with E-state index in [1.807, 2.05) is 26.8 Å². The fourth-order valence-corrected chi connectivity index (χ4v) is 4.68. The number of thioether (sulfide) groups is 1. The molecule has 3 rings (SSSR count). The molecule has 0 saturated carbocycles. The number of hydrogen-bond donors (Lipinski definition) is 0. The van der Waals surface area contributed by atoms with E-state index in [-0.39, 0.29) is 4.90 Å². The largest absolute Gasteiger partial charge is 0.360 e. The molecule has 0 radical (unpaired) electrons. The van der Waals surface area contributed by atoms with Crippen molar-refractivity contribution in [1.82, 2.24) is 24.1 Å². The summed E-state index contributed by atoms with van der Waals surface area (Å²) < 4.78 is 33.7. The van der Waals surface area contributed by atoms with E-state index in [2.05, 4.69) is 15.4 Å². The van der Waals surface area contributed by atoms with Crippen LogP contribution < -0.4 is 0 Å². The van der Waals surface area contributed by atoms with Crippen molar-refractivity contribution in [2.75, 3.05) is 13.1 Å². The first kappa shape index (κ1) is 17.9. The summed E-state index contributed by atoms with van der Waals surface area (Å²) in [5, 5.41) is 12.7. The number of sulfonamides is 1. The van der Waals surface area contributed by atoms with Crippen molar-refractivity contribution in [3.63, 3.8) is 0 Å². The second kappa shape index (κ2) is 7.14. The van der Waals surface area contributed by atoms with Crippen LogP contribution in [0.4, 0.5) is 0 Å². The highest BCUT2D eigenvalue weighted by Crippen LogP contribution is 2.24. The Balaban J connectivity index is 1.91. The molecule has 0 saturated heterocycles. The summed E-state index contributed by atoms with van der Waals surface area (Å²) in [6, 6.07) is 5.07. The summed E-state index contributed by atoms with van der Waals surface area (Å²) in [6.45, 7) is 6.34. The first-order valence-corrected chi connectivity index (χ1v) is 10.3. The van der Waals surface area contributed by atoms with Gasteiger partial charge in [-0.05, 0) is 19.1 Å². The van der Waals surface area contributed by atoms with Crippen LogP contribution in [0.15, 0.2) is 39.0 Å². The minimum Gasteiger partial charge on any atom is -0.360 e. The minimum absolute atomic E-state index is 0.223. The lowest BCUT2D eigenvalue weighted by Gasteiger charge is -2.18. The minimum atomic E-state index is -3.53. The number of hydrogen-bond acceptors (Lipinski definition) is 7. The lowest BCUT2D eigenvalue weighted by molar-refractivity contribution is 0.391. The molecule has 0 spiro atoms. The van der Waals surface area contributed by atoms with Crippen LogP contribution in [0.25, 0.3) is 5.65 Å². The maximum absolute atomic E-state index is 12.7. The molecule has 8 nitrogen and oxygen atoms in total. The number of fused-ring (bicyclic) bond motifs is 1. The standard InChI is InChI=1S/C15H19N5O3S2/c1-4-19(5-2)25(21,22)13-6-7-14-16-17-15(20(14)9-13)24-10-12-8-11(3)18-23-12/h6-9H,4-5,10H2,1-3H3. The molecule has 0 amide bonds. The number of aryl methyl sites for hydroxylation is 1. The van der Waals surface area contributed by atoms with Gasteiger partial charge in [0.05, 0.1) is 16.3 Å². The molecule has 0 N–H and O–H groups in total. The van der Waals surface area contributed by atoms with Crippen LogP contribution in [0.5, 0.6) is 0 Å². The maximum atomic E-state index is 12.7. The fraction of sp³-hybridized carbons (Fsp3) is 0.400. The zero-order valence-corrected chi connectivity index (χ0v) is 15.8. The van der Waals surface area contributed by atoms with Crippen LogP contribution in [-0.4, -0.2) is 45.6 Å². The van der Waals surface area contributed by atoms with Crippen molar-refractivity contribution in [2.24, 2.45) is 0 Å². The highest BCUT2D eigenvalue weighted by atomic mass is 32.2. The van der Waals surface area contributed by atoms with Gasteiger partial charge in [-0.25, -0.2) is 8.42 Å². The summed E-state index contributed by atoms with van der Waals surface area (Å²) in [5.74, 6) is 1.26. The van der Waals surface area contributed by atoms with Gasteiger partial charge in [0, 0.05) is 25.4 Å². The molecule has 134 valence electrons. The van der Waals surface area contributed by atoms with Gasteiger partial charge in [-0.3, -0.25) is 4.40 Å². The first-order chi connectivity index (χ1) is 12.0.